The van der Waals surface area contributed by atoms with Gasteiger partial charge >= 0.3 is 12.1 Å². The zero-order valence-corrected chi connectivity index (χ0v) is 16.0. The van der Waals surface area contributed by atoms with Crippen molar-refractivity contribution in [2.75, 3.05) is 27.1 Å². The van der Waals surface area contributed by atoms with Crippen molar-refractivity contribution in [3.05, 3.63) is 27.7 Å². The van der Waals surface area contributed by atoms with E-state index in [2.05, 4.69) is 0 Å². The van der Waals surface area contributed by atoms with Gasteiger partial charge in [-0.3, -0.25) is 4.79 Å². The predicted octanol–water partition coefficient (Wildman–Crippen LogP) is 3.97. The van der Waals surface area contributed by atoms with Gasteiger partial charge in [0.25, 0.3) is 0 Å². The number of carbonyl (C=O) groups is 2. The molecule has 0 bridgehead atoms. The first-order chi connectivity index (χ1) is 12.4. The average molecular weight is 406 g/mol. The molecule has 0 saturated carbocycles. The molecule has 9 heteroatoms. The number of amides is 1. The monoisotopic (exact) mass is 405 g/mol. The molecule has 2 unspecified atom stereocenters. The summed E-state index contributed by atoms with van der Waals surface area (Å²) in [6, 6.07) is 2.63. The minimum Gasteiger partial charge on any atom is -0.467 e. The number of methoxy groups -OCH3 is 1. The molecule has 1 amide bonds. The Morgan fingerprint density at radius 1 is 1.35 bits per heavy atom. The molecular formula is C17H21Cl2NO6. The van der Waals surface area contributed by atoms with Gasteiger partial charge in [0.05, 0.1) is 29.1 Å². The molecule has 2 atom stereocenters. The van der Waals surface area contributed by atoms with Crippen molar-refractivity contribution in [3.63, 3.8) is 0 Å². The molecule has 1 fully saturated rings. The number of hydrogen-bond acceptors (Lipinski definition) is 5. The molecule has 0 aromatic heterocycles. The van der Waals surface area contributed by atoms with E-state index >= 15 is 0 Å². The van der Waals surface area contributed by atoms with Crippen molar-refractivity contribution in [1.82, 2.24) is 4.90 Å². The molecule has 2 rings (SSSR count). The number of benzene rings is 1. The molecule has 26 heavy (non-hydrogen) atoms. The van der Waals surface area contributed by atoms with E-state index in [9.17, 15) is 14.7 Å². The van der Waals surface area contributed by atoms with E-state index in [0.29, 0.717) is 22.8 Å². The van der Waals surface area contributed by atoms with E-state index < -0.39 is 12.1 Å². The lowest BCUT2D eigenvalue weighted by molar-refractivity contribution is -0.144. The van der Waals surface area contributed by atoms with Gasteiger partial charge in [-0.1, -0.05) is 23.2 Å². The third-order valence-electron chi connectivity index (χ3n) is 4.15. The smallest absolute Gasteiger partial charge is 0.407 e. The highest BCUT2D eigenvalue weighted by atomic mass is 35.5. The number of carboxylic acid groups (broad SMARTS) is 1. The van der Waals surface area contributed by atoms with E-state index in [1.807, 2.05) is 0 Å². The van der Waals surface area contributed by atoms with Gasteiger partial charge < -0.3 is 24.2 Å². The van der Waals surface area contributed by atoms with Gasteiger partial charge in [-0.25, -0.2) is 4.79 Å². The topological polar surface area (TPSA) is 85.3 Å². The summed E-state index contributed by atoms with van der Waals surface area (Å²) in [5.41, 5.74) is 0.477. The van der Waals surface area contributed by atoms with Crippen LogP contribution in [-0.4, -0.2) is 49.1 Å². The molecule has 0 radical (unpaired) electrons. The Balaban J connectivity index is 2.33. The minimum atomic E-state index is -1.10. The standard InChI is InChI=1S/C17H21Cl2NO6/c1-3-25-14(21)7-10-6-12(20(8-10)17(22)23)15-13(26-9-24-2)5-4-11(18)16(15)19/h4-5,10,12H,3,6-9H2,1-2H3,(H,22,23). The Morgan fingerprint density at radius 2 is 2.08 bits per heavy atom. The maximum Gasteiger partial charge on any atom is 0.407 e. The van der Waals surface area contributed by atoms with Crippen LogP contribution in [-0.2, 0) is 14.3 Å². The second kappa shape index (κ2) is 9.30. The number of carbonyl (C=O) groups excluding carboxylic acids is 1. The Morgan fingerprint density at radius 3 is 2.69 bits per heavy atom. The third kappa shape index (κ3) is 4.72. The molecule has 0 aliphatic carbocycles. The van der Waals surface area contributed by atoms with Crippen LogP contribution in [0.5, 0.6) is 5.75 Å². The molecule has 7 nitrogen and oxygen atoms in total. The van der Waals surface area contributed by atoms with Crippen molar-refractivity contribution in [3.8, 4) is 5.75 Å². The van der Waals surface area contributed by atoms with Crippen molar-refractivity contribution in [2.24, 2.45) is 5.92 Å². The number of nitrogens with zero attached hydrogens (tertiary/aromatic N) is 1. The Labute approximate surface area is 161 Å². The molecular weight excluding hydrogens is 385 g/mol. The van der Waals surface area contributed by atoms with E-state index in [1.165, 1.54) is 12.0 Å². The van der Waals surface area contributed by atoms with Crippen LogP contribution in [0, 0.1) is 5.92 Å². The fourth-order valence-electron chi connectivity index (χ4n) is 3.12. The number of ether oxygens (including phenoxy) is 3. The van der Waals surface area contributed by atoms with Crippen molar-refractivity contribution < 1.29 is 28.9 Å². The van der Waals surface area contributed by atoms with Gasteiger partial charge in [-0.2, -0.15) is 0 Å². The zero-order valence-electron chi connectivity index (χ0n) is 14.5. The number of esters is 1. The van der Waals surface area contributed by atoms with Gasteiger partial charge in [-0.05, 0) is 31.4 Å². The number of halogens is 2. The Hall–Kier alpha value is -1.70. The summed E-state index contributed by atoms with van der Waals surface area (Å²) in [6.07, 6.45) is -0.551. The lowest BCUT2D eigenvalue weighted by Crippen LogP contribution is -2.30. The molecule has 144 valence electrons. The van der Waals surface area contributed by atoms with Crippen LogP contribution in [0.25, 0.3) is 0 Å². The van der Waals surface area contributed by atoms with Crippen LogP contribution in [0.15, 0.2) is 12.1 Å². The van der Waals surface area contributed by atoms with Crippen LogP contribution in [0.4, 0.5) is 4.79 Å². The Bertz CT molecular complexity index is 669. The fourth-order valence-corrected chi connectivity index (χ4v) is 3.57. The summed E-state index contributed by atoms with van der Waals surface area (Å²) in [7, 11) is 1.48. The molecule has 1 aromatic rings. The lowest BCUT2D eigenvalue weighted by Gasteiger charge is -2.25. The Kier molecular flexibility index (Phi) is 7.37. The van der Waals surface area contributed by atoms with Crippen molar-refractivity contribution in [2.45, 2.75) is 25.8 Å². The quantitative estimate of drug-likeness (QED) is 0.545. The van der Waals surface area contributed by atoms with Gasteiger partial charge in [0.1, 0.15) is 5.75 Å². The fraction of sp³-hybridized carbons (Fsp3) is 0.529. The summed E-state index contributed by atoms with van der Waals surface area (Å²) in [4.78, 5) is 24.8. The molecule has 1 N–H and O–H groups in total. The molecule has 1 aliphatic rings. The van der Waals surface area contributed by atoms with Gasteiger partial charge in [0.15, 0.2) is 6.79 Å². The van der Waals surface area contributed by atoms with Crippen LogP contribution in [0.1, 0.15) is 31.4 Å². The van der Waals surface area contributed by atoms with Crippen LogP contribution in [0.2, 0.25) is 10.0 Å². The first-order valence-electron chi connectivity index (χ1n) is 8.13. The average Bonchev–Trinajstić information content (AvgIpc) is 2.99. The van der Waals surface area contributed by atoms with Crippen molar-refractivity contribution in [1.29, 1.82) is 0 Å². The normalized spacial score (nSPS) is 19.5. The first kappa shape index (κ1) is 20.6. The lowest BCUT2D eigenvalue weighted by atomic mass is 9.97. The highest BCUT2D eigenvalue weighted by Gasteiger charge is 2.40. The van der Waals surface area contributed by atoms with E-state index in [0.717, 1.165) is 0 Å². The van der Waals surface area contributed by atoms with E-state index in [4.69, 9.17) is 37.4 Å². The second-order valence-corrected chi connectivity index (χ2v) is 6.67. The minimum absolute atomic E-state index is 0.0169. The molecule has 1 heterocycles. The predicted molar refractivity (Wildman–Crippen MR) is 95.8 cm³/mol. The van der Waals surface area contributed by atoms with Gasteiger partial charge in [0, 0.05) is 19.2 Å². The first-order valence-corrected chi connectivity index (χ1v) is 8.89. The molecule has 1 aromatic carbocycles. The maximum absolute atomic E-state index is 11.8. The highest BCUT2D eigenvalue weighted by molar-refractivity contribution is 6.42. The van der Waals surface area contributed by atoms with Gasteiger partial charge in [0.2, 0.25) is 0 Å². The maximum atomic E-state index is 11.8. The number of hydrogen-bond donors (Lipinski definition) is 1. The summed E-state index contributed by atoms with van der Waals surface area (Å²) in [6.45, 7) is 2.19. The third-order valence-corrected chi connectivity index (χ3v) is 4.97. The summed E-state index contributed by atoms with van der Waals surface area (Å²) in [5, 5.41) is 10.1. The van der Waals surface area contributed by atoms with Crippen LogP contribution in [0.3, 0.4) is 0 Å². The van der Waals surface area contributed by atoms with E-state index in [1.54, 1.807) is 19.1 Å². The van der Waals surface area contributed by atoms with Crippen LogP contribution >= 0.6 is 23.2 Å². The zero-order chi connectivity index (χ0) is 19.3. The summed E-state index contributed by atoms with van der Waals surface area (Å²) >= 11 is 12.5. The highest BCUT2D eigenvalue weighted by Crippen LogP contribution is 2.46. The molecule has 1 aliphatic heterocycles. The molecule has 0 spiro atoms. The van der Waals surface area contributed by atoms with Crippen molar-refractivity contribution >= 4 is 35.3 Å². The second-order valence-electron chi connectivity index (χ2n) is 5.89. The summed E-state index contributed by atoms with van der Waals surface area (Å²) in [5.74, 6) is -0.133. The van der Waals surface area contributed by atoms with E-state index in [-0.39, 0.29) is 43.3 Å². The summed E-state index contributed by atoms with van der Waals surface area (Å²) < 4.78 is 15.4. The molecule has 1 saturated heterocycles. The number of likely N-dealkylation sites (tertiary alicyclic amines) is 1. The van der Waals surface area contributed by atoms with Crippen LogP contribution < -0.4 is 4.74 Å². The number of rotatable bonds is 7. The largest absolute Gasteiger partial charge is 0.467 e. The SMILES string of the molecule is CCOC(=O)CC1CC(c2c(OCOC)ccc(Cl)c2Cl)N(C(=O)O)C1. The van der Waals surface area contributed by atoms with Gasteiger partial charge in [-0.15, -0.1) is 0 Å².